The number of rotatable bonds is 3. The van der Waals surface area contributed by atoms with E-state index in [1.807, 2.05) is 0 Å². The summed E-state index contributed by atoms with van der Waals surface area (Å²) < 4.78 is 43.3. The molecular formula is C16H12F3N3O3. The van der Waals surface area contributed by atoms with E-state index in [1.165, 1.54) is 18.3 Å². The fraction of sp³-hybridized carbons (Fsp3) is 0.188. The van der Waals surface area contributed by atoms with Crippen LogP contribution >= 0.6 is 0 Å². The van der Waals surface area contributed by atoms with Gasteiger partial charge >= 0.3 is 6.18 Å². The minimum Gasteiger partial charge on any atom is -0.480 e. The Balaban J connectivity index is 1.74. The Kier molecular flexibility index (Phi) is 4.30. The van der Waals surface area contributed by atoms with Crippen LogP contribution < -0.4 is 15.0 Å². The minimum absolute atomic E-state index is 0.0122. The van der Waals surface area contributed by atoms with Crippen LogP contribution in [-0.2, 0) is 15.8 Å². The second-order valence-electron chi connectivity index (χ2n) is 5.22. The first-order valence-electron chi connectivity index (χ1n) is 7.20. The second kappa shape index (κ2) is 6.42. The lowest BCUT2D eigenvalue weighted by atomic mass is 10.2. The summed E-state index contributed by atoms with van der Waals surface area (Å²) in [4.78, 5) is 29.2. The van der Waals surface area contributed by atoms with Gasteiger partial charge in [-0.1, -0.05) is 6.07 Å². The number of amides is 2. The predicted octanol–water partition coefficient (Wildman–Crippen LogP) is 2.46. The third-order valence-electron chi connectivity index (χ3n) is 3.43. The first-order valence-corrected chi connectivity index (χ1v) is 7.20. The van der Waals surface area contributed by atoms with Crippen LogP contribution in [0.2, 0.25) is 0 Å². The number of hydrogen-bond acceptors (Lipinski definition) is 4. The number of pyridine rings is 1. The summed E-state index contributed by atoms with van der Waals surface area (Å²) in [7, 11) is 0. The van der Waals surface area contributed by atoms with Crippen molar-refractivity contribution in [1.29, 1.82) is 0 Å². The molecule has 1 aliphatic heterocycles. The van der Waals surface area contributed by atoms with Crippen molar-refractivity contribution >= 4 is 23.3 Å². The number of hydrogen-bond donors (Lipinski definition) is 1. The first-order chi connectivity index (χ1) is 11.8. The van der Waals surface area contributed by atoms with Crippen molar-refractivity contribution in [3.05, 3.63) is 48.2 Å². The smallest absolute Gasteiger partial charge is 0.416 e. The van der Waals surface area contributed by atoms with Crippen molar-refractivity contribution in [1.82, 2.24) is 4.98 Å². The van der Waals surface area contributed by atoms with Gasteiger partial charge in [-0.2, -0.15) is 13.2 Å². The van der Waals surface area contributed by atoms with E-state index in [1.54, 1.807) is 12.1 Å². The van der Waals surface area contributed by atoms with E-state index in [-0.39, 0.29) is 24.7 Å². The molecule has 2 amide bonds. The molecule has 2 heterocycles. The number of nitrogens with zero attached hydrogens (tertiary/aromatic N) is 2. The molecule has 0 bridgehead atoms. The lowest BCUT2D eigenvalue weighted by molar-refractivity contribution is -0.137. The number of aromatic nitrogens is 1. The van der Waals surface area contributed by atoms with E-state index in [4.69, 9.17) is 4.74 Å². The summed E-state index contributed by atoms with van der Waals surface area (Å²) in [6, 6.07) is 7.48. The molecule has 0 saturated heterocycles. The van der Waals surface area contributed by atoms with Gasteiger partial charge in [-0.15, -0.1) is 0 Å². The molecule has 1 aromatic heterocycles. The van der Waals surface area contributed by atoms with E-state index >= 15 is 0 Å². The van der Waals surface area contributed by atoms with E-state index in [2.05, 4.69) is 10.3 Å². The summed E-state index contributed by atoms with van der Waals surface area (Å²) in [5.41, 5.74) is -0.887. The molecule has 0 aliphatic carbocycles. The Labute approximate surface area is 140 Å². The van der Waals surface area contributed by atoms with Gasteiger partial charge < -0.3 is 10.1 Å². The standard InChI is InChI=1S/C16H12F3N3O3/c17-16(18,19)10-3-1-4-11(7-10)21-13(23)8-22-14(24)9-25-12-5-2-6-20-15(12)22/h1-7H,8-9H2,(H,21,23). The van der Waals surface area contributed by atoms with Crippen molar-refractivity contribution in [3.63, 3.8) is 0 Å². The molecule has 9 heteroatoms. The fourth-order valence-electron chi connectivity index (χ4n) is 2.31. The van der Waals surface area contributed by atoms with Crippen molar-refractivity contribution in [2.75, 3.05) is 23.4 Å². The largest absolute Gasteiger partial charge is 0.480 e. The summed E-state index contributed by atoms with van der Waals surface area (Å²) in [5, 5.41) is 2.35. The highest BCUT2D eigenvalue weighted by molar-refractivity contribution is 6.04. The zero-order valence-corrected chi connectivity index (χ0v) is 12.7. The fourth-order valence-corrected chi connectivity index (χ4v) is 2.31. The van der Waals surface area contributed by atoms with Gasteiger partial charge in [0.05, 0.1) is 5.56 Å². The van der Waals surface area contributed by atoms with Crippen molar-refractivity contribution in [2.45, 2.75) is 6.18 Å². The SMILES string of the molecule is O=C(CN1C(=O)COc2cccnc21)Nc1cccc(C(F)(F)F)c1. The number of nitrogens with one attached hydrogen (secondary N) is 1. The Bertz CT molecular complexity index is 824. The Morgan fingerprint density at radius 2 is 2.08 bits per heavy atom. The van der Waals surface area contributed by atoms with Crippen LogP contribution in [0.4, 0.5) is 24.7 Å². The zero-order chi connectivity index (χ0) is 18.0. The molecule has 25 heavy (non-hydrogen) atoms. The van der Waals surface area contributed by atoms with Crippen LogP contribution in [-0.4, -0.2) is 29.9 Å². The number of fused-ring (bicyclic) bond motifs is 1. The maximum atomic E-state index is 12.7. The van der Waals surface area contributed by atoms with Crippen molar-refractivity contribution in [2.24, 2.45) is 0 Å². The molecule has 3 rings (SSSR count). The molecule has 1 N–H and O–H groups in total. The molecule has 0 saturated carbocycles. The molecule has 0 fully saturated rings. The van der Waals surface area contributed by atoms with Gasteiger partial charge in [0.15, 0.2) is 18.2 Å². The monoisotopic (exact) mass is 351 g/mol. The van der Waals surface area contributed by atoms with Crippen LogP contribution in [0.1, 0.15) is 5.56 Å². The van der Waals surface area contributed by atoms with Crippen LogP contribution in [0.3, 0.4) is 0 Å². The average Bonchev–Trinajstić information content (AvgIpc) is 2.57. The number of halogens is 3. The predicted molar refractivity (Wildman–Crippen MR) is 82.2 cm³/mol. The maximum absolute atomic E-state index is 12.7. The summed E-state index contributed by atoms with van der Waals surface area (Å²) >= 11 is 0. The molecule has 1 aliphatic rings. The van der Waals surface area contributed by atoms with Crippen molar-refractivity contribution < 1.29 is 27.5 Å². The molecule has 0 unspecified atom stereocenters. The van der Waals surface area contributed by atoms with Crippen LogP contribution in [0, 0.1) is 0 Å². The molecule has 0 radical (unpaired) electrons. The van der Waals surface area contributed by atoms with Crippen molar-refractivity contribution in [3.8, 4) is 5.75 Å². The van der Waals surface area contributed by atoms with Gasteiger partial charge in [0.25, 0.3) is 5.91 Å². The van der Waals surface area contributed by atoms with E-state index in [9.17, 15) is 22.8 Å². The lowest BCUT2D eigenvalue weighted by Gasteiger charge is -2.27. The third-order valence-corrected chi connectivity index (χ3v) is 3.43. The average molecular weight is 351 g/mol. The number of carbonyl (C=O) groups is 2. The molecule has 1 aromatic carbocycles. The van der Waals surface area contributed by atoms with E-state index < -0.39 is 23.6 Å². The number of carbonyl (C=O) groups excluding carboxylic acids is 2. The maximum Gasteiger partial charge on any atom is 0.416 e. The molecular weight excluding hydrogens is 339 g/mol. The van der Waals surface area contributed by atoms with E-state index in [0.29, 0.717) is 5.75 Å². The molecule has 130 valence electrons. The molecule has 0 spiro atoms. The summed E-state index contributed by atoms with van der Waals surface area (Å²) in [6.07, 6.45) is -3.07. The topological polar surface area (TPSA) is 71.5 Å². The highest BCUT2D eigenvalue weighted by atomic mass is 19.4. The van der Waals surface area contributed by atoms with E-state index in [0.717, 1.165) is 17.0 Å². The molecule has 6 nitrogen and oxygen atoms in total. The Morgan fingerprint density at radius 1 is 1.28 bits per heavy atom. The first kappa shape index (κ1) is 16.7. The summed E-state index contributed by atoms with van der Waals surface area (Å²) in [5.74, 6) is -0.566. The third kappa shape index (κ3) is 3.70. The number of anilines is 2. The Morgan fingerprint density at radius 3 is 2.84 bits per heavy atom. The van der Waals surface area contributed by atoms with Gasteiger partial charge in [0.2, 0.25) is 5.91 Å². The van der Waals surface area contributed by atoms with Crippen LogP contribution in [0.5, 0.6) is 5.75 Å². The highest BCUT2D eigenvalue weighted by Crippen LogP contribution is 2.31. The van der Waals surface area contributed by atoms with Gasteiger partial charge in [-0.05, 0) is 30.3 Å². The van der Waals surface area contributed by atoms with Gasteiger partial charge in [0.1, 0.15) is 6.54 Å². The molecule has 0 atom stereocenters. The normalized spacial score (nSPS) is 13.9. The van der Waals surface area contributed by atoms with Crippen LogP contribution in [0.25, 0.3) is 0 Å². The summed E-state index contributed by atoms with van der Waals surface area (Å²) in [6.45, 7) is -0.627. The number of benzene rings is 1. The lowest BCUT2D eigenvalue weighted by Crippen LogP contribution is -2.43. The second-order valence-corrected chi connectivity index (χ2v) is 5.22. The van der Waals surface area contributed by atoms with Gasteiger partial charge in [0, 0.05) is 11.9 Å². The number of alkyl halides is 3. The molecule has 2 aromatic rings. The quantitative estimate of drug-likeness (QED) is 0.922. The van der Waals surface area contributed by atoms with Gasteiger partial charge in [-0.25, -0.2) is 4.98 Å². The number of ether oxygens (including phenoxy) is 1. The Hall–Kier alpha value is -3.10. The van der Waals surface area contributed by atoms with Crippen LogP contribution in [0.15, 0.2) is 42.6 Å². The minimum atomic E-state index is -4.51. The highest BCUT2D eigenvalue weighted by Gasteiger charge is 2.31. The van der Waals surface area contributed by atoms with Gasteiger partial charge in [-0.3, -0.25) is 14.5 Å². The zero-order valence-electron chi connectivity index (χ0n) is 12.7.